The number of nitrogens with one attached hydrogen (secondary N) is 1. The predicted molar refractivity (Wildman–Crippen MR) is 78.8 cm³/mol. The minimum absolute atomic E-state index is 0.0316. The summed E-state index contributed by atoms with van der Waals surface area (Å²) in [5.74, 6) is -1.09. The summed E-state index contributed by atoms with van der Waals surface area (Å²) >= 11 is 0. The Bertz CT molecular complexity index is 587. The number of hydrogen-bond donors (Lipinski definition) is 2. The van der Waals surface area contributed by atoms with Gasteiger partial charge in [-0.2, -0.15) is 0 Å². The molecule has 0 saturated heterocycles. The number of anilines is 1. The number of aliphatic carboxylic acids is 1. The van der Waals surface area contributed by atoms with Gasteiger partial charge in [0, 0.05) is 13.0 Å². The van der Waals surface area contributed by atoms with Crippen LogP contribution in [0.25, 0.3) is 0 Å². The van der Waals surface area contributed by atoms with E-state index in [0.29, 0.717) is 17.9 Å². The molecule has 0 aliphatic carbocycles. The highest BCUT2D eigenvalue weighted by Crippen LogP contribution is 2.31. The Morgan fingerprint density at radius 3 is 2.82 bits per heavy atom. The van der Waals surface area contributed by atoms with Crippen LogP contribution in [0.3, 0.4) is 0 Å². The van der Waals surface area contributed by atoms with Crippen molar-refractivity contribution >= 4 is 23.5 Å². The molecule has 7 nitrogen and oxygen atoms in total. The van der Waals surface area contributed by atoms with Crippen molar-refractivity contribution in [2.24, 2.45) is 0 Å². The first-order chi connectivity index (χ1) is 10.5. The first kappa shape index (κ1) is 15.8. The number of fused-ring (bicyclic) bond motifs is 1. The lowest BCUT2D eigenvalue weighted by atomic mass is 10.2. The van der Waals surface area contributed by atoms with Crippen LogP contribution >= 0.6 is 0 Å². The Hall–Kier alpha value is -2.57. The molecule has 2 N–H and O–H groups in total. The Labute approximate surface area is 127 Å². The monoisotopic (exact) mass is 306 g/mol. The molecule has 7 heteroatoms. The van der Waals surface area contributed by atoms with Crippen molar-refractivity contribution in [3.8, 4) is 5.75 Å². The second-order valence-electron chi connectivity index (χ2n) is 4.92. The number of carboxylic acids is 1. The highest BCUT2D eigenvalue weighted by atomic mass is 16.5. The van der Waals surface area contributed by atoms with Crippen LogP contribution in [0.2, 0.25) is 0 Å². The van der Waals surface area contributed by atoms with Crippen LogP contribution in [0.5, 0.6) is 5.75 Å². The molecule has 1 aromatic rings. The lowest BCUT2D eigenvalue weighted by Gasteiger charge is -2.29. The molecule has 0 bridgehead atoms. The van der Waals surface area contributed by atoms with Crippen LogP contribution in [0, 0.1) is 0 Å². The number of nitrogens with zero attached hydrogens (tertiary/aromatic N) is 1. The van der Waals surface area contributed by atoms with Crippen molar-refractivity contribution < 1.29 is 24.2 Å². The summed E-state index contributed by atoms with van der Waals surface area (Å²) < 4.78 is 5.32. The summed E-state index contributed by atoms with van der Waals surface area (Å²) in [5.41, 5.74) is 0.622. The fraction of sp³-hybridized carbons (Fsp3) is 0.400. The maximum Gasteiger partial charge on any atom is 0.326 e. The van der Waals surface area contributed by atoms with Crippen molar-refractivity contribution in [3.05, 3.63) is 24.3 Å². The van der Waals surface area contributed by atoms with Gasteiger partial charge in [-0.3, -0.25) is 9.59 Å². The van der Waals surface area contributed by atoms with Crippen molar-refractivity contribution in [1.82, 2.24) is 5.32 Å². The first-order valence-electron chi connectivity index (χ1n) is 7.07. The van der Waals surface area contributed by atoms with Gasteiger partial charge in [0.2, 0.25) is 5.91 Å². The molecule has 1 atom stereocenters. The van der Waals surface area contributed by atoms with Crippen LogP contribution in [0.15, 0.2) is 24.3 Å². The van der Waals surface area contributed by atoms with E-state index in [-0.39, 0.29) is 25.5 Å². The molecule has 2 rings (SSSR count). The number of para-hydroxylation sites is 2. The van der Waals surface area contributed by atoms with Gasteiger partial charge in [-0.25, -0.2) is 4.79 Å². The van der Waals surface area contributed by atoms with E-state index in [1.807, 2.05) is 0 Å². The highest BCUT2D eigenvalue weighted by Gasteiger charge is 2.26. The zero-order valence-electron chi connectivity index (χ0n) is 12.2. The van der Waals surface area contributed by atoms with E-state index in [9.17, 15) is 14.4 Å². The highest BCUT2D eigenvalue weighted by molar-refractivity contribution is 5.98. The average Bonchev–Trinajstić information content (AvgIpc) is 2.51. The Balaban J connectivity index is 1.98. The Kier molecular flexibility index (Phi) is 4.98. The van der Waals surface area contributed by atoms with Crippen molar-refractivity contribution in [1.29, 1.82) is 0 Å². The number of amides is 2. The maximum atomic E-state index is 11.9. The second kappa shape index (κ2) is 6.93. The van der Waals surface area contributed by atoms with E-state index in [1.54, 1.807) is 31.2 Å². The molecule has 1 aromatic carbocycles. The topological polar surface area (TPSA) is 95.9 Å². The van der Waals surface area contributed by atoms with Crippen LogP contribution < -0.4 is 15.0 Å². The number of carbonyl (C=O) groups is 3. The van der Waals surface area contributed by atoms with Gasteiger partial charge in [-0.05, 0) is 18.6 Å². The third-order valence-electron chi connectivity index (χ3n) is 3.41. The molecule has 0 spiro atoms. The lowest BCUT2D eigenvalue weighted by molar-refractivity contribution is -0.141. The van der Waals surface area contributed by atoms with E-state index in [4.69, 9.17) is 9.84 Å². The van der Waals surface area contributed by atoms with Crippen molar-refractivity contribution in [3.63, 3.8) is 0 Å². The molecule has 2 amide bonds. The summed E-state index contributed by atoms with van der Waals surface area (Å²) in [6.45, 7) is 1.80. The van der Waals surface area contributed by atoms with Crippen LogP contribution in [0.1, 0.15) is 19.8 Å². The zero-order chi connectivity index (χ0) is 16.1. The molecule has 0 aromatic heterocycles. The smallest absolute Gasteiger partial charge is 0.326 e. The molecule has 0 fully saturated rings. The second-order valence-corrected chi connectivity index (χ2v) is 4.92. The lowest BCUT2D eigenvalue weighted by Crippen LogP contribution is -2.44. The molecule has 0 radical (unpaired) electrons. The fourth-order valence-electron chi connectivity index (χ4n) is 2.22. The fourth-order valence-corrected chi connectivity index (χ4v) is 2.22. The van der Waals surface area contributed by atoms with Crippen LogP contribution in [-0.4, -0.2) is 42.1 Å². The van der Waals surface area contributed by atoms with Gasteiger partial charge in [0.1, 0.15) is 11.8 Å². The summed E-state index contributed by atoms with van der Waals surface area (Å²) in [6, 6.07) is 6.19. The predicted octanol–water partition coefficient (Wildman–Crippen LogP) is 0.781. The van der Waals surface area contributed by atoms with Gasteiger partial charge in [0.25, 0.3) is 5.91 Å². The van der Waals surface area contributed by atoms with Gasteiger partial charge >= 0.3 is 5.97 Å². The Morgan fingerprint density at radius 2 is 2.14 bits per heavy atom. The molecule has 1 heterocycles. The Morgan fingerprint density at radius 1 is 1.41 bits per heavy atom. The van der Waals surface area contributed by atoms with Crippen LogP contribution in [0.4, 0.5) is 5.69 Å². The summed E-state index contributed by atoms with van der Waals surface area (Å²) in [4.78, 5) is 36.1. The third-order valence-corrected chi connectivity index (χ3v) is 3.41. The first-order valence-corrected chi connectivity index (χ1v) is 7.07. The number of hydrogen-bond acceptors (Lipinski definition) is 4. The average molecular weight is 306 g/mol. The number of ether oxygens (including phenoxy) is 1. The number of benzene rings is 1. The third kappa shape index (κ3) is 3.55. The normalized spacial score (nSPS) is 14.8. The van der Waals surface area contributed by atoms with Gasteiger partial charge in [-0.15, -0.1) is 0 Å². The SMILES string of the molecule is CCC(NC(=O)CCN1C(=O)COc2ccccc21)C(=O)O. The summed E-state index contributed by atoms with van der Waals surface area (Å²) in [7, 11) is 0. The van der Waals surface area contributed by atoms with Gasteiger partial charge < -0.3 is 20.1 Å². The van der Waals surface area contributed by atoms with E-state index >= 15 is 0 Å². The maximum absolute atomic E-state index is 11.9. The van der Waals surface area contributed by atoms with Crippen molar-refractivity contribution in [2.75, 3.05) is 18.1 Å². The summed E-state index contributed by atoms with van der Waals surface area (Å²) in [6.07, 6.45) is 0.338. The molecule has 118 valence electrons. The van der Waals surface area contributed by atoms with Crippen LogP contribution in [-0.2, 0) is 14.4 Å². The van der Waals surface area contributed by atoms with Gasteiger partial charge in [-0.1, -0.05) is 19.1 Å². The molecular formula is C15H18N2O5. The molecular weight excluding hydrogens is 288 g/mol. The van der Waals surface area contributed by atoms with E-state index < -0.39 is 17.9 Å². The minimum Gasteiger partial charge on any atom is -0.482 e. The summed E-state index contributed by atoms with van der Waals surface area (Å²) in [5, 5.41) is 11.4. The number of rotatable bonds is 6. The van der Waals surface area contributed by atoms with Gasteiger partial charge in [0.05, 0.1) is 5.69 Å². The molecule has 22 heavy (non-hydrogen) atoms. The molecule has 1 aliphatic heterocycles. The molecule has 1 unspecified atom stereocenters. The quantitative estimate of drug-likeness (QED) is 0.809. The molecule has 1 aliphatic rings. The largest absolute Gasteiger partial charge is 0.482 e. The minimum atomic E-state index is -1.07. The molecule has 0 saturated carbocycles. The van der Waals surface area contributed by atoms with E-state index in [2.05, 4.69) is 5.32 Å². The van der Waals surface area contributed by atoms with E-state index in [1.165, 1.54) is 4.90 Å². The van der Waals surface area contributed by atoms with Crippen molar-refractivity contribution in [2.45, 2.75) is 25.8 Å². The number of carboxylic acid groups (broad SMARTS) is 1. The zero-order valence-corrected chi connectivity index (χ0v) is 12.2. The standard InChI is InChI=1S/C15H18N2O5/c1-2-10(15(20)21)16-13(18)7-8-17-11-5-3-4-6-12(11)22-9-14(17)19/h3-6,10H,2,7-9H2,1H3,(H,16,18)(H,20,21). The van der Waals surface area contributed by atoms with Gasteiger partial charge in [0.15, 0.2) is 6.61 Å². The van der Waals surface area contributed by atoms with E-state index in [0.717, 1.165) is 0 Å². The number of carbonyl (C=O) groups excluding carboxylic acids is 2.